The highest BCUT2D eigenvalue weighted by Crippen LogP contribution is 2.31. The molecule has 0 radical (unpaired) electrons. The van der Waals surface area contributed by atoms with Gasteiger partial charge in [-0.2, -0.15) is 5.10 Å². The Morgan fingerprint density at radius 1 is 1.17 bits per heavy atom. The molecule has 5 nitrogen and oxygen atoms in total. The molecule has 1 amide bonds. The summed E-state index contributed by atoms with van der Waals surface area (Å²) in [7, 11) is 0. The van der Waals surface area contributed by atoms with Gasteiger partial charge in [0.15, 0.2) is 0 Å². The summed E-state index contributed by atoms with van der Waals surface area (Å²) in [5.41, 5.74) is 2.06. The van der Waals surface area contributed by atoms with Gasteiger partial charge in [-0.1, -0.05) is 36.4 Å². The van der Waals surface area contributed by atoms with Gasteiger partial charge in [-0.15, -0.1) is 0 Å². The number of aromatic nitrogens is 2. The summed E-state index contributed by atoms with van der Waals surface area (Å²) < 4.78 is 20.2. The summed E-state index contributed by atoms with van der Waals surface area (Å²) in [6.45, 7) is 1.16. The number of halogens is 1. The monoisotopic (exact) mass is 389 g/mol. The van der Waals surface area contributed by atoms with Crippen molar-refractivity contribution < 1.29 is 13.9 Å². The smallest absolute Gasteiger partial charge is 0.251 e. The predicted octanol–water partition coefficient (Wildman–Crippen LogP) is 4.43. The highest BCUT2D eigenvalue weighted by molar-refractivity contribution is 6.02. The lowest BCUT2D eigenvalue weighted by Gasteiger charge is -2.11. The zero-order valence-corrected chi connectivity index (χ0v) is 15.7. The first-order valence-corrected chi connectivity index (χ1v) is 9.75. The lowest BCUT2D eigenvalue weighted by Crippen LogP contribution is -2.31. The van der Waals surface area contributed by atoms with Gasteiger partial charge in [-0.05, 0) is 41.8 Å². The second-order valence-electron chi connectivity index (χ2n) is 7.36. The molecule has 5 rings (SSSR count). The van der Waals surface area contributed by atoms with Crippen molar-refractivity contribution in [1.82, 2.24) is 15.5 Å². The third kappa shape index (κ3) is 3.36. The number of ether oxygens (including phenoxy) is 1. The van der Waals surface area contributed by atoms with Crippen LogP contribution in [0.1, 0.15) is 23.2 Å². The van der Waals surface area contributed by atoms with E-state index in [0.717, 1.165) is 35.8 Å². The summed E-state index contributed by atoms with van der Waals surface area (Å²) in [4.78, 5) is 12.6. The van der Waals surface area contributed by atoms with E-state index in [1.165, 1.54) is 6.07 Å². The van der Waals surface area contributed by atoms with E-state index in [-0.39, 0.29) is 17.6 Å². The van der Waals surface area contributed by atoms with Crippen LogP contribution in [0.3, 0.4) is 0 Å². The number of rotatable bonds is 4. The minimum Gasteiger partial charge on any atom is -0.376 e. The van der Waals surface area contributed by atoms with E-state index in [0.29, 0.717) is 23.1 Å². The van der Waals surface area contributed by atoms with Gasteiger partial charge < -0.3 is 10.1 Å². The predicted molar refractivity (Wildman–Crippen MR) is 110 cm³/mol. The van der Waals surface area contributed by atoms with Gasteiger partial charge in [0.25, 0.3) is 5.91 Å². The van der Waals surface area contributed by atoms with Crippen LogP contribution >= 0.6 is 0 Å². The standard InChI is InChI=1S/C23H20FN3O2/c24-20-12-17(23(28)25-13-18-6-3-9-29-18)11-19-21(26-27-22(19)20)16-8-7-14-4-1-2-5-15(14)10-16/h1-2,4-5,7-8,10-12,18H,3,6,9,13H2,(H,25,28)(H,26,27)/t18-/m0/s1. The Balaban J connectivity index is 1.50. The first-order valence-electron chi connectivity index (χ1n) is 9.75. The van der Waals surface area contributed by atoms with Crippen LogP contribution in [0.5, 0.6) is 0 Å². The second kappa shape index (κ2) is 7.29. The second-order valence-corrected chi connectivity index (χ2v) is 7.36. The van der Waals surface area contributed by atoms with Crippen LogP contribution < -0.4 is 5.32 Å². The number of H-pyrrole nitrogens is 1. The highest BCUT2D eigenvalue weighted by atomic mass is 19.1. The number of carbonyl (C=O) groups excluding carboxylic acids is 1. The minimum absolute atomic E-state index is 0.0367. The minimum atomic E-state index is -0.496. The maximum atomic E-state index is 14.7. The number of aromatic amines is 1. The van der Waals surface area contributed by atoms with Gasteiger partial charge >= 0.3 is 0 Å². The highest BCUT2D eigenvalue weighted by Gasteiger charge is 2.19. The third-order valence-electron chi connectivity index (χ3n) is 5.42. The molecule has 1 aromatic heterocycles. The Labute approximate surface area is 166 Å². The van der Waals surface area contributed by atoms with Gasteiger partial charge in [0.1, 0.15) is 17.0 Å². The molecule has 1 aliphatic heterocycles. The maximum absolute atomic E-state index is 14.7. The Morgan fingerprint density at radius 3 is 2.86 bits per heavy atom. The Kier molecular flexibility index (Phi) is 4.48. The van der Waals surface area contributed by atoms with Crippen LogP contribution in [0.25, 0.3) is 32.9 Å². The van der Waals surface area contributed by atoms with Crippen molar-refractivity contribution in [3.05, 3.63) is 66.0 Å². The fourth-order valence-corrected chi connectivity index (χ4v) is 3.88. The molecule has 2 N–H and O–H groups in total. The molecule has 6 heteroatoms. The van der Waals surface area contributed by atoms with Crippen molar-refractivity contribution in [2.45, 2.75) is 18.9 Å². The van der Waals surface area contributed by atoms with Gasteiger partial charge in [0.05, 0.1) is 6.10 Å². The molecule has 0 spiro atoms. The average Bonchev–Trinajstić information content (AvgIpc) is 3.41. The number of nitrogens with zero attached hydrogens (tertiary/aromatic N) is 1. The van der Waals surface area contributed by atoms with Crippen LogP contribution in [0.4, 0.5) is 4.39 Å². The third-order valence-corrected chi connectivity index (χ3v) is 5.42. The number of carbonyl (C=O) groups is 1. The molecule has 1 saturated heterocycles. The summed E-state index contributed by atoms with van der Waals surface area (Å²) in [5.74, 6) is -0.809. The summed E-state index contributed by atoms with van der Waals surface area (Å²) in [6, 6.07) is 17.0. The van der Waals surface area contributed by atoms with Crippen molar-refractivity contribution in [1.29, 1.82) is 0 Å². The lowest BCUT2D eigenvalue weighted by atomic mass is 10.0. The van der Waals surface area contributed by atoms with Crippen LogP contribution in [-0.2, 0) is 4.74 Å². The zero-order valence-electron chi connectivity index (χ0n) is 15.7. The van der Waals surface area contributed by atoms with Crippen LogP contribution in [-0.4, -0.2) is 35.4 Å². The molecule has 4 aromatic rings. The molecule has 1 atom stereocenters. The van der Waals surface area contributed by atoms with E-state index >= 15 is 0 Å². The molecule has 29 heavy (non-hydrogen) atoms. The number of hydrogen-bond donors (Lipinski definition) is 2. The van der Waals surface area contributed by atoms with Crippen molar-refractivity contribution in [2.75, 3.05) is 13.2 Å². The normalized spacial score (nSPS) is 16.5. The number of benzene rings is 3. The van der Waals surface area contributed by atoms with E-state index in [4.69, 9.17) is 4.74 Å². The van der Waals surface area contributed by atoms with Crippen molar-refractivity contribution in [3.63, 3.8) is 0 Å². The Morgan fingerprint density at radius 2 is 2.03 bits per heavy atom. The summed E-state index contributed by atoms with van der Waals surface area (Å²) >= 11 is 0. The SMILES string of the molecule is O=C(NC[C@@H]1CCCO1)c1cc(F)c2[nH]nc(-c3ccc4ccccc4c3)c2c1. The molecule has 146 valence electrons. The van der Waals surface area contributed by atoms with E-state index in [2.05, 4.69) is 15.5 Å². The number of fused-ring (bicyclic) bond motifs is 2. The maximum Gasteiger partial charge on any atom is 0.251 e. The molecule has 0 aliphatic carbocycles. The van der Waals surface area contributed by atoms with Crippen LogP contribution in [0, 0.1) is 5.82 Å². The van der Waals surface area contributed by atoms with Gasteiger partial charge in [-0.25, -0.2) is 4.39 Å². The van der Waals surface area contributed by atoms with Crippen molar-refractivity contribution in [2.24, 2.45) is 0 Å². The van der Waals surface area contributed by atoms with E-state index in [1.54, 1.807) is 6.07 Å². The molecular formula is C23H20FN3O2. The molecule has 0 bridgehead atoms. The zero-order chi connectivity index (χ0) is 19.8. The van der Waals surface area contributed by atoms with E-state index in [9.17, 15) is 9.18 Å². The molecule has 0 saturated carbocycles. The molecule has 1 aliphatic rings. The topological polar surface area (TPSA) is 67.0 Å². The van der Waals surface area contributed by atoms with Crippen molar-refractivity contribution >= 4 is 27.6 Å². The molecule has 1 fully saturated rings. The van der Waals surface area contributed by atoms with Crippen molar-refractivity contribution in [3.8, 4) is 11.3 Å². The fourth-order valence-electron chi connectivity index (χ4n) is 3.88. The number of amides is 1. The van der Waals surface area contributed by atoms with E-state index in [1.807, 2.05) is 42.5 Å². The van der Waals surface area contributed by atoms with Gasteiger partial charge in [0.2, 0.25) is 0 Å². The lowest BCUT2D eigenvalue weighted by molar-refractivity contribution is 0.0857. The number of hydrogen-bond acceptors (Lipinski definition) is 3. The molecule has 0 unspecified atom stereocenters. The summed E-state index contributed by atoms with van der Waals surface area (Å²) in [6.07, 6.45) is 1.97. The van der Waals surface area contributed by atoms with Gasteiger partial charge in [-0.3, -0.25) is 9.89 Å². The Hall–Kier alpha value is -3.25. The largest absolute Gasteiger partial charge is 0.376 e. The van der Waals surface area contributed by atoms with E-state index < -0.39 is 5.82 Å². The van der Waals surface area contributed by atoms with Gasteiger partial charge in [0, 0.05) is 29.7 Å². The van der Waals surface area contributed by atoms with Crippen LogP contribution in [0.2, 0.25) is 0 Å². The quantitative estimate of drug-likeness (QED) is 0.543. The molecular weight excluding hydrogens is 369 g/mol. The average molecular weight is 389 g/mol. The fraction of sp³-hybridized carbons (Fsp3) is 0.217. The molecule has 2 heterocycles. The first kappa shape index (κ1) is 17.8. The Bertz CT molecular complexity index is 1210. The summed E-state index contributed by atoms with van der Waals surface area (Å²) in [5, 5.41) is 12.7. The molecule has 3 aromatic carbocycles. The number of nitrogens with one attached hydrogen (secondary N) is 2. The first-order chi connectivity index (χ1) is 14.2. The van der Waals surface area contributed by atoms with Crippen LogP contribution in [0.15, 0.2) is 54.6 Å².